The van der Waals surface area contributed by atoms with Crippen molar-refractivity contribution >= 4 is 22.4 Å². The highest BCUT2D eigenvalue weighted by Crippen LogP contribution is 2.20. The molecule has 0 spiro atoms. The van der Waals surface area contributed by atoms with E-state index in [4.69, 9.17) is 5.73 Å². The number of anilines is 1. The van der Waals surface area contributed by atoms with Crippen LogP contribution < -0.4 is 11.1 Å². The Balaban J connectivity index is 2.05. The van der Waals surface area contributed by atoms with Crippen LogP contribution in [0, 0.1) is 5.82 Å². The number of rotatable bonds is 4. The van der Waals surface area contributed by atoms with Gasteiger partial charge in [0.15, 0.2) is 0 Å². The van der Waals surface area contributed by atoms with Crippen molar-refractivity contribution in [2.45, 2.75) is 48.8 Å². The van der Waals surface area contributed by atoms with E-state index in [-0.39, 0.29) is 22.5 Å². The first-order valence-electron chi connectivity index (χ1n) is 6.75. The average Bonchev–Trinajstić information content (AvgIpc) is 2.90. The zero-order valence-electron chi connectivity index (χ0n) is 11.4. The molecule has 1 aliphatic carbocycles. The third kappa shape index (κ3) is 3.36. The summed E-state index contributed by atoms with van der Waals surface area (Å²) < 4.78 is 26.0. The van der Waals surface area contributed by atoms with Crippen molar-refractivity contribution in [3.63, 3.8) is 0 Å². The SMILES string of the molecule is CC(C(=O)NC1CCCC1)S(=O)c1ccc(N)cc1F. The number of nitrogens with one attached hydrogen (secondary N) is 1. The molecule has 1 aromatic carbocycles. The third-order valence-corrected chi connectivity index (χ3v) is 5.19. The number of carbonyl (C=O) groups excluding carboxylic acids is 1. The highest BCUT2D eigenvalue weighted by Gasteiger charge is 2.26. The second-order valence-electron chi connectivity index (χ2n) is 5.12. The average molecular weight is 298 g/mol. The summed E-state index contributed by atoms with van der Waals surface area (Å²) in [5.74, 6) is -0.921. The van der Waals surface area contributed by atoms with Crippen molar-refractivity contribution in [3.05, 3.63) is 24.0 Å². The van der Waals surface area contributed by atoms with Gasteiger partial charge >= 0.3 is 0 Å². The fourth-order valence-corrected chi connectivity index (χ4v) is 3.45. The van der Waals surface area contributed by atoms with Gasteiger partial charge < -0.3 is 11.1 Å². The predicted molar refractivity (Wildman–Crippen MR) is 77.1 cm³/mol. The molecule has 1 amide bonds. The molecule has 0 aliphatic heterocycles. The van der Waals surface area contributed by atoms with Gasteiger partial charge in [-0.2, -0.15) is 0 Å². The van der Waals surface area contributed by atoms with Crippen molar-refractivity contribution in [1.29, 1.82) is 0 Å². The second-order valence-corrected chi connectivity index (χ2v) is 6.86. The van der Waals surface area contributed by atoms with E-state index >= 15 is 0 Å². The Kier molecular flexibility index (Phi) is 4.75. The molecule has 0 saturated heterocycles. The van der Waals surface area contributed by atoms with Crippen molar-refractivity contribution in [3.8, 4) is 0 Å². The fraction of sp³-hybridized carbons (Fsp3) is 0.500. The molecular weight excluding hydrogens is 279 g/mol. The first kappa shape index (κ1) is 15.0. The van der Waals surface area contributed by atoms with Crippen LogP contribution in [0.1, 0.15) is 32.6 Å². The lowest BCUT2D eigenvalue weighted by Gasteiger charge is -2.16. The van der Waals surface area contributed by atoms with E-state index in [0.29, 0.717) is 0 Å². The first-order valence-corrected chi connectivity index (χ1v) is 7.96. The lowest BCUT2D eigenvalue weighted by Crippen LogP contribution is -2.40. The van der Waals surface area contributed by atoms with E-state index in [9.17, 15) is 13.4 Å². The Morgan fingerprint density at radius 3 is 2.70 bits per heavy atom. The molecule has 20 heavy (non-hydrogen) atoms. The lowest BCUT2D eigenvalue weighted by molar-refractivity contribution is -0.121. The zero-order chi connectivity index (χ0) is 14.7. The van der Waals surface area contributed by atoms with Crippen LogP contribution in [0.4, 0.5) is 10.1 Å². The Bertz CT molecular complexity index is 530. The van der Waals surface area contributed by atoms with Gasteiger partial charge in [0.1, 0.15) is 11.1 Å². The number of amides is 1. The maximum absolute atomic E-state index is 13.7. The van der Waals surface area contributed by atoms with Crippen LogP contribution in [-0.2, 0) is 15.6 Å². The monoisotopic (exact) mass is 298 g/mol. The van der Waals surface area contributed by atoms with Crippen molar-refractivity contribution in [2.24, 2.45) is 0 Å². The van der Waals surface area contributed by atoms with Gasteiger partial charge in [-0.3, -0.25) is 9.00 Å². The summed E-state index contributed by atoms with van der Waals surface area (Å²) in [4.78, 5) is 12.1. The first-order chi connectivity index (χ1) is 9.49. The normalized spacial score (nSPS) is 18.7. The van der Waals surface area contributed by atoms with Crippen molar-refractivity contribution in [2.75, 3.05) is 5.73 Å². The summed E-state index contributed by atoms with van der Waals surface area (Å²) >= 11 is 0. The molecule has 2 atom stereocenters. The molecule has 4 nitrogen and oxygen atoms in total. The minimum Gasteiger partial charge on any atom is -0.399 e. The number of halogens is 1. The van der Waals surface area contributed by atoms with Crippen LogP contribution in [-0.4, -0.2) is 21.4 Å². The maximum atomic E-state index is 13.7. The van der Waals surface area contributed by atoms with Crippen LogP contribution in [0.3, 0.4) is 0 Å². The van der Waals surface area contributed by atoms with E-state index in [2.05, 4.69) is 5.32 Å². The van der Waals surface area contributed by atoms with Crippen LogP contribution >= 0.6 is 0 Å². The molecule has 110 valence electrons. The highest BCUT2D eigenvalue weighted by molar-refractivity contribution is 7.86. The van der Waals surface area contributed by atoms with E-state index in [1.54, 1.807) is 6.92 Å². The van der Waals surface area contributed by atoms with Gasteiger partial charge in [0.05, 0.1) is 15.7 Å². The minimum absolute atomic E-state index is 0.0215. The maximum Gasteiger partial charge on any atom is 0.236 e. The van der Waals surface area contributed by atoms with Crippen molar-refractivity contribution in [1.82, 2.24) is 5.32 Å². The van der Waals surface area contributed by atoms with Gasteiger partial charge in [-0.15, -0.1) is 0 Å². The largest absolute Gasteiger partial charge is 0.399 e. The molecule has 1 fully saturated rings. The number of nitrogen functional groups attached to an aromatic ring is 1. The fourth-order valence-electron chi connectivity index (χ4n) is 2.36. The molecular formula is C14H19FN2O2S. The number of nitrogens with two attached hydrogens (primary N) is 1. The Hall–Kier alpha value is -1.43. The predicted octanol–water partition coefficient (Wildman–Crippen LogP) is 1.96. The van der Waals surface area contributed by atoms with Gasteiger partial charge in [-0.1, -0.05) is 12.8 Å². The molecule has 2 unspecified atom stereocenters. The van der Waals surface area contributed by atoms with Gasteiger partial charge in [-0.05, 0) is 38.0 Å². The van der Waals surface area contributed by atoms with Crippen LogP contribution in [0.25, 0.3) is 0 Å². The topological polar surface area (TPSA) is 72.2 Å². The molecule has 6 heteroatoms. The Morgan fingerprint density at radius 2 is 2.10 bits per heavy atom. The van der Waals surface area contributed by atoms with Crippen LogP contribution in [0.2, 0.25) is 0 Å². The second kappa shape index (κ2) is 6.35. The highest BCUT2D eigenvalue weighted by atomic mass is 32.2. The van der Waals surface area contributed by atoms with Gasteiger partial charge in [-0.25, -0.2) is 4.39 Å². The summed E-state index contributed by atoms with van der Waals surface area (Å²) in [6, 6.07) is 4.14. The van der Waals surface area contributed by atoms with Crippen LogP contribution in [0.15, 0.2) is 23.1 Å². The molecule has 1 aromatic rings. The van der Waals surface area contributed by atoms with Crippen LogP contribution in [0.5, 0.6) is 0 Å². The lowest BCUT2D eigenvalue weighted by atomic mass is 10.2. The van der Waals surface area contributed by atoms with E-state index in [0.717, 1.165) is 31.7 Å². The van der Waals surface area contributed by atoms with E-state index < -0.39 is 21.9 Å². The molecule has 0 radical (unpaired) electrons. The molecule has 0 heterocycles. The summed E-state index contributed by atoms with van der Waals surface area (Å²) in [7, 11) is -1.72. The summed E-state index contributed by atoms with van der Waals surface area (Å²) in [6.45, 7) is 1.55. The Labute approximate surface area is 120 Å². The summed E-state index contributed by atoms with van der Waals surface area (Å²) in [5.41, 5.74) is 5.72. The molecule has 0 bridgehead atoms. The molecule has 3 N–H and O–H groups in total. The number of hydrogen-bond acceptors (Lipinski definition) is 3. The number of hydrogen-bond donors (Lipinski definition) is 2. The van der Waals surface area contributed by atoms with Gasteiger partial charge in [0.25, 0.3) is 0 Å². The van der Waals surface area contributed by atoms with Crippen molar-refractivity contribution < 1.29 is 13.4 Å². The standard InChI is InChI=1S/C14H19FN2O2S/c1-9(14(18)17-11-4-2-3-5-11)20(19)13-7-6-10(16)8-12(13)15/h6-9,11H,2-5,16H2,1H3,(H,17,18). The van der Waals surface area contributed by atoms with E-state index in [1.165, 1.54) is 12.1 Å². The molecule has 1 aliphatic rings. The number of benzene rings is 1. The zero-order valence-corrected chi connectivity index (χ0v) is 12.2. The Morgan fingerprint density at radius 1 is 1.45 bits per heavy atom. The molecule has 2 rings (SSSR count). The number of carbonyl (C=O) groups is 1. The molecule has 1 saturated carbocycles. The minimum atomic E-state index is -1.72. The third-order valence-electron chi connectivity index (χ3n) is 3.56. The van der Waals surface area contributed by atoms with Gasteiger partial charge in [0.2, 0.25) is 5.91 Å². The van der Waals surface area contributed by atoms with E-state index in [1.807, 2.05) is 0 Å². The summed E-state index contributed by atoms with van der Waals surface area (Å²) in [5, 5.41) is 2.10. The molecule has 0 aromatic heterocycles. The summed E-state index contributed by atoms with van der Waals surface area (Å²) in [6.07, 6.45) is 4.13. The smallest absolute Gasteiger partial charge is 0.236 e. The quantitative estimate of drug-likeness (QED) is 0.835. The van der Waals surface area contributed by atoms with Gasteiger partial charge in [0, 0.05) is 11.7 Å².